The Balaban J connectivity index is 1.37. The third-order valence-corrected chi connectivity index (χ3v) is 5.90. The van der Waals surface area contributed by atoms with Crippen molar-refractivity contribution in [2.75, 3.05) is 26.2 Å². The van der Waals surface area contributed by atoms with Crippen LogP contribution < -0.4 is 10.9 Å². The smallest absolute Gasteiger partial charge is 0.349 e. The minimum Gasteiger partial charge on any atom is -0.422 e. The van der Waals surface area contributed by atoms with E-state index in [0.29, 0.717) is 41.9 Å². The Bertz CT molecular complexity index is 976. The quantitative estimate of drug-likeness (QED) is 0.760. The number of piperidine rings is 2. The number of fused-ring (bicyclic) bond motifs is 1. The summed E-state index contributed by atoms with van der Waals surface area (Å²) in [6.45, 7) is 2.86. The summed E-state index contributed by atoms with van der Waals surface area (Å²) in [7, 11) is 0. The van der Waals surface area contributed by atoms with Crippen LogP contribution in [0.5, 0.6) is 0 Å². The number of benzene rings is 1. The number of halogens is 1. The van der Waals surface area contributed by atoms with Crippen LogP contribution in [0.1, 0.15) is 42.5 Å². The van der Waals surface area contributed by atoms with E-state index < -0.39 is 11.5 Å². The van der Waals surface area contributed by atoms with Gasteiger partial charge in [0.25, 0.3) is 5.91 Å². The SMILES string of the molecule is O=C(NC1CCN(C(=O)N2CCCCC2)CC1)c1cc2cc(Cl)ccc2oc1=O. The molecule has 0 bridgehead atoms. The Morgan fingerprint density at radius 1 is 1.00 bits per heavy atom. The van der Waals surface area contributed by atoms with E-state index in [0.717, 1.165) is 25.9 Å². The van der Waals surface area contributed by atoms with Crippen LogP contribution in [-0.2, 0) is 0 Å². The molecule has 2 saturated heterocycles. The Labute approximate surface area is 173 Å². The summed E-state index contributed by atoms with van der Waals surface area (Å²) in [5, 5.41) is 4.02. The van der Waals surface area contributed by atoms with E-state index in [-0.39, 0.29) is 17.6 Å². The molecule has 0 radical (unpaired) electrons. The number of hydrogen-bond donors (Lipinski definition) is 1. The highest BCUT2D eigenvalue weighted by Gasteiger charge is 2.28. The van der Waals surface area contributed by atoms with E-state index in [1.54, 1.807) is 18.2 Å². The van der Waals surface area contributed by atoms with Crippen LogP contribution in [0.25, 0.3) is 11.0 Å². The van der Waals surface area contributed by atoms with Crippen LogP contribution in [0.2, 0.25) is 5.02 Å². The molecule has 2 aliphatic heterocycles. The van der Waals surface area contributed by atoms with Crippen molar-refractivity contribution in [1.82, 2.24) is 15.1 Å². The summed E-state index contributed by atoms with van der Waals surface area (Å²) in [4.78, 5) is 41.2. The maximum absolute atomic E-state index is 12.6. The largest absolute Gasteiger partial charge is 0.422 e. The van der Waals surface area contributed by atoms with Crippen LogP contribution >= 0.6 is 11.6 Å². The number of hydrogen-bond acceptors (Lipinski definition) is 4. The number of nitrogens with zero attached hydrogens (tertiary/aromatic N) is 2. The van der Waals surface area contributed by atoms with E-state index in [1.807, 2.05) is 9.80 Å². The van der Waals surface area contributed by atoms with Gasteiger partial charge in [-0.2, -0.15) is 0 Å². The maximum Gasteiger partial charge on any atom is 0.349 e. The second-order valence-electron chi connectivity index (χ2n) is 7.69. The molecule has 29 heavy (non-hydrogen) atoms. The number of carbonyl (C=O) groups excluding carboxylic acids is 2. The third kappa shape index (κ3) is 4.40. The third-order valence-electron chi connectivity index (χ3n) is 5.67. The zero-order valence-electron chi connectivity index (χ0n) is 16.2. The van der Waals surface area contributed by atoms with Gasteiger partial charge in [0.05, 0.1) is 0 Å². The van der Waals surface area contributed by atoms with E-state index in [2.05, 4.69) is 5.32 Å². The van der Waals surface area contributed by atoms with Gasteiger partial charge < -0.3 is 19.5 Å². The van der Waals surface area contributed by atoms with Crippen LogP contribution in [-0.4, -0.2) is 54.0 Å². The van der Waals surface area contributed by atoms with Gasteiger partial charge in [0.15, 0.2) is 0 Å². The van der Waals surface area contributed by atoms with Crippen LogP contribution in [0.15, 0.2) is 33.5 Å². The second-order valence-corrected chi connectivity index (χ2v) is 8.13. The first-order valence-corrected chi connectivity index (χ1v) is 10.5. The molecule has 7 nitrogen and oxygen atoms in total. The fourth-order valence-corrected chi connectivity index (χ4v) is 4.20. The highest BCUT2D eigenvalue weighted by Crippen LogP contribution is 2.20. The predicted molar refractivity (Wildman–Crippen MR) is 110 cm³/mol. The first-order chi connectivity index (χ1) is 14.0. The van der Waals surface area contributed by atoms with Crippen molar-refractivity contribution in [3.63, 3.8) is 0 Å². The molecule has 154 valence electrons. The van der Waals surface area contributed by atoms with Gasteiger partial charge in [-0.3, -0.25) is 4.79 Å². The number of nitrogens with one attached hydrogen (secondary N) is 1. The van der Waals surface area contributed by atoms with Gasteiger partial charge in [-0.1, -0.05) is 11.6 Å². The van der Waals surface area contributed by atoms with E-state index in [9.17, 15) is 14.4 Å². The second kappa shape index (κ2) is 8.45. The summed E-state index contributed by atoms with van der Waals surface area (Å²) < 4.78 is 5.24. The maximum atomic E-state index is 12.6. The monoisotopic (exact) mass is 417 g/mol. The van der Waals surface area contributed by atoms with E-state index in [4.69, 9.17) is 16.0 Å². The van der Waals surface area contributed by atoms with E-state index >= 15 is 0 Å². The van der Waals surface area contributed by atoms with Crippen molar-refractivity contribution in [2.45, 2.75) is 38.1 Å². The summed E-state index contributed by atoms with van der Waals surface area (Å²) in [5.74, 6) is -0.457. The highest BCUT2D eigenvalue weighted by molar-refractivity contribution is 6.31. The summed E-state index contributed by atoms with van der Waals surface area (Å²) in [6.07, 6.45) is 4.65. The van der Waals surface area contributed by atoms with Gasteiger partial charge in [0.1, 0.15) is 11.1 Å². The Morgan fingerprint density at radius 3 is 2.41 bits per heavy atom. The molecule has 3 heterocycles. The standard InChI is InChI=1S/C21H24ClN3O4/c22-15-4-5-18-14(12-15)13-17(20(27)29-18)19(26)23-16-6-10-25(11-7-16)21(28)24-8-2-1-3-9-24/h4-5,12-13,16H,1-3,6-11H2,(H,23,26). The Hall–Kier alpha value is -2.54. The lowest BCUT2D eigenvalue weighted by Crippen LogP contribution is -2.51. The van der Waals surface area contributed by atoms with Gasteiger partial charge in [-0.15, -0.1) is 0 Å². The van der Waals surface area contributed by atoms with Crippen molar-refractivity contribution in [3.05, 3.63) is 45.3 Å². The van der Waals surface area contributed by atoms with Crippen molar-refractivity contribution < 1.29 is 14.0 Å². The minimum atomic E-state index is -0.671. The molecule has 0 aliphatic carbocycles. The molecule has 2 fully saturated rings. The molecule has 3 amide bonds. The fraction of sp³-hybridized carbons (Fsp3) is 0.476. The molecule has 1 aromatic carbocycles. The molecule has 0 saturated carbocycles. The summed E-state index contributed by atoms with van der Waals surface area (Å²) in [6, 6.07) is 6.42. The topological polar surface area (TPSA) is 82.9 Å². The number of carbonyl (C=O) groups is 2. The molecule has 4 rings (SSSR count). The van der Waals surface area contributed by atoms with Crippen molar-refractivity contribution in [2.24, 2.45) is 0 Å². The number of rotatable bonds is 2. The van der Waals surface area contributed by atoms with Gasteiger partial charge in [0.2, 0.25) is 0 Å². The lowest BCUT2D eigenvalue weighted by Gasteiger charge is -2.37. The Morgan fingerprint density at radius 2 is 1.69 bits per heavy atom. The van der Waals surface area contributed by atoms with Crippen LogP contribution in [0.3, 0.4) is 0 Å². The average molecular weight is 418 g/mol. The van der Waals surface area contributed by atoms with Crippen molar-refractivity contribution >= 4 is 34.5 Å². The number of amides is 3. The summed E-state index contributed by atoms with van der Waals surface area (Å²) >= 11 is 5.99. The van der Waals surface area contributed by atoms with Crippen LogP contribution in [0, 0.1) is 0 Å². The molecule has 2 aromatic rings. The van der Waals surface area contributed by atoms with Crippen LogP contribution in [0.4, 0.5) is 4.79 Å². The average Bonchev–Trinajstić information content (AvgIpc) is 2.74. The summed E-state index contributed by atoms with van der Waals surface area (Å²) in [5.41, 5.74) is -0.317. The molecular formula is C21H24ClN3O4. The number of likely N-dealkylation sites (tertiary alicyclic amines) is 2. The lowest BCUT2D eigenvalue weighted by atomic mass is 10.0. The highest BCUT2D eigenvalue weighted by atomic mass is 35.5. The first kappa shape index (κ1) is 19.8. The van der Waals surface area contributed by atoms with Gasteiger partial charge >= 0.3 is 11.7 Å². The number of urea groups is 1. The normalized spacial score (nSPS) is 18.1. The molecule has 8 heteroatoms. The van der Waals surface area contributed by atoms with Crippen molar-refractivity contribution in [3.8, 4) is 0 Å². The molecule has 0 spiro atoms. The van der Waals surface area contributed by atoms with Crippen molar-refractivity contribution in [1.29, 1.82) is 0 Å². The molecule has 1 N–H and O–H groups in total. The van der Waals surface area contributed by atoms with Gasteiger partial charge in [-0.25, -0.2) is 9.59 Å². The molecule has 2 aliphatic rings. The first-order valence-electron chi connectivity index (χ1n) is 10.1. The zero-order chi connectivity index (χ0) is 20.4. The molecule has 0 atom stereocenters. The van der Waals surface area contributed by atoms with Gasteiger partial charge in [0, 0.05) is 42.6 Å². The minimum absolute atomic E-state index is 0.0356. The lowest BCUT2D eigenvalue weighted by molar-refractivity contribution is 0.0904. The fourth-order valence-electron chi connectivity index (χ4n) is 4.02. The molecule has 0 unspecified atom stereocenters. The van der Waals surface area contributed by atoms with Gasteiger partial charge in [-0.05, 0) is 56.4 Å². The Kier molecular flexibility index (Phi) is 5.76. The zero-order valence-corrected chi connectivity index (χ0v) is 16.9. The van der Waals surface area contributed by atoms with E-state index in [1.165, 1.54) is 12.5 Å². The molecule has 1 aromatic heterocycles. The predicted octanol–water partition coefficient (Wildman–Crippen LogP) is 3.25. The molecular weight excluding hydrogens is 394 g/mol.